The van der Waals surface area contributed by atoms with Crippen LogP contribution < -0.4 is 15.6 Å². The molecule has 0 spiro atoms. The molecule has 3 rings (SSSR count). The van der Waals surface area contributed by atoms with Crippen molar-refractivity contribution in [3.05, 3.63) is 91.0 Å². The highest BCUT2D eigenvalue weighted by molar-refractivity contribution is 6.95. The monoisotopic (exact) mass is 259 g/mol. The van der Waals surface area contributed by atoms with Gasteiger partial charge in [0.25, 0.3) is 0 Å². The molecule has 19 heavy (non-hydrogen) atoms. The first kappa shape index (κ1) is 11.9. The van der Waals surface area contributed by atoms with Crippen molar-refractivity contribution in [2.24, 2.45) is 0 Å². The summed E-state index contributed by atoms with van der Waals surface area (Å²) in [4.78, 5) is 0. The van der Waals surface area contributed by atoms with E-state index in [1.807, 2.05) is 0 Å². The van der Waals surface area contributed by atoms with E-state index in [1.54, 1.807) is 0 Å². The number of hydrogen-bond acceptors (Lipinski definition) is 0. The fourth-order valence-corrected chi connectivity index (χ4v) is 4.89. The molecule has 0 aliphatic carbocycles. The van der Waals surface area contributed by atoms with Crippen molar-refractivity contribution < 1.29 is 0 Å². The standard InChI is InChI=1S/C18H15Si/c1-4-10-16(11-5-1)19(17-12-6-2-7-13-17)18-14-8-3-9-15-18/h1-15H/q+1. The molecule has 90 valence electrons. The second kappa shape index (κ2) is 5.68. The van der Waals surface area contributed by atoms with E-state index in [4.69, 9.17) is 0 Å². The Morgan fingerprint density at radius 2 is 0.632 bits per heavy atom. The highest BCUT2D eigenvalue weighted by Crippen LogP contribution is 1.95. The Morgan fingerprint density at radius 3 is 0.895 bits per heavy atom. The fourth-order valence-electron chi connectivity index (χ4n) is 2.31. The van der Waals surface area contributed by atoms with Gasteiger partial charge in [-0.05, 0) is 36.4 Å². The molecule has 1 heteroatoms. The van der Waals surface area contributed by atoms with Crippen LogP contribution in [-0.2, 0) is 0 Å². The van der Waals surface area contributed by atoms with Gasteiger partial charge in [-0.2, -0.15) is 0 Å². The maximum Gasteiger partial charge on any atom is 0.428 e. The van der Waals surface area contributed by atoms with Gasteiger partial charge in [-0.25, -0.2) is 0 Å². The molecule has 0 aromatic heterocycles. The van der Waals surface area contributed by atoms with Crippen molar-refractivity contribution >= 4 is 24.4 Å². The maximum atomic E-state index is 2.24. The Bertz CT molecular complexity index is 524. The molecule has 0 atom stereocenters. The zero-order valence-electron chi connectivity index (χ0n) is 10.7. The number of rotatable bonds is 3. The van der Waals surface area contributed by atoms with Crippen molar-refractivity contribution in [2.45, 2.75) is 0 Å². The van der Waals surface area contributed by atoms with E-state index >= 15 is 0 Å². The van der Waals surface area contributed by atoms with Crippen molar-refractivity contribution in [1.82, 2.24) is 0 Å². The predicted molar refractivity (Wildman–Crippen MR) is 84.0 cm³/mol. The Kier molecular flexibility index (Phi) is 3.57. The van der Waals surface area contributed by atoms with Crippen molar-refractivity contribution in [2.75, 3.05) is 0 Å². The van der Waals surface area contributed by atoms with E-state index in [2.05, 4.69) is 91.0 Å². The molecule has 0 saturated carbocycles. The smallest absolute Gasteiger partial charge is 0.0621 e. The largest absolute Gasteiger partial charge is 0.428 e. The Labute approximate surface area is 116 Å². The third-order valence-corrected chi connectivity index (χ3v) is 5.92. The Balaban J connectivity index is 2.12. The van der Waals surface area contributed by atoms with Gasteiger partial charge in [0.2, 0.25) is 0 Å². The Morgan fingerprint density at radius 1 is 0.368 bits per heavy atom. The minimum Gasteiger partial charge on any atom is -0.0621 e. The molecule has 0 heterocycles. The summed E-state index contributed by atoms with van der Waals surface area (Å²) in [6.45, 7) is 0. The second-order valence-corrected chi connectivity index (χ2v) is 6.96. The van der Waals surface area contributed by atoms with Crippen molar-refractivity contribution in [3.63, 3.8) is 0 Å². The fraction of sp³-hybridized carbons (Fsp3) is 0. The predicted octanol–water partition coefficient (Wildman–Crippen LogP) is 2.20. The zero-order chi connectivity index (χ0) is 12.9. The molecule has 3 aromatic carbocycles. The van der Waals surface area contributed by atoms with Gasteiger partial charge in [-0.3, -0.25) is 0 Å². The summed E-state index contributed by atoms with van der Waals surface area (Å²) >= 11 is 0. The quantitative estimate of drug-likeness (QED) is 0.500. The molecule has 0 bridgehead atoms. The SMILES string of the molecule is c1ccc([Si+](c2ccccc2)c2ccccc2)cc1. The van der Waals surface area contributed by atoms with Crippen LogP contribution in [0.15, 0.2) is 91.0 Å². The summed E-state index contributed by atoms with van der Waals surface area (Å²) in [5, 5.41) is 4.31. The van der Waals surface area contributed by atoms with Crippen LogP contribution >= 0.6 is 0 Å². The lowest BCUT2D eigenvalue weighted by Gasteiger charge is -2.02. The van der Waals surface area contributed by atoms with E-state index in [-0.39, 0.29) is 0 Å². The molecule has 3 aromatic rings. The third kappa shape index (κ3) is 2.66. The van der Waals surface area contributed by atoms with Crippen LogP contribution in [0.1, 0.15) is 0 Å². The first-order valence-corrected chi connectivity index (χ1v) is 7.98. The van der Waals surface area contributed by atoms with Gasteiger partial charge in [0.15, 0.2) is 0 Å². The van der Waals surface area contributed by atoms with Gasteiger partial charge in [0.1, 0.15) is 15.6 Å². The average Bonchev–Trinajstić information content (AvgIpc) is 2.51. The molecule has 0 N–H and O–H groups in total. The maximum absolute atomic E-state index is 2.24. The van der Waals surface area contributed by atoms with E-state index in [1.165, 1.54) is 15.6 Å². The Hall–Kier alpha value is -2.12. The second-order valence-electron chi connectivity index (χ2n) is 4.47. The molecule has 0 aliphatic rings. The third-order valence-electron chi connectivity index (χ3n) is 3.19. The highest BCUT2D eigenvalue weighted by Gasteiger charge is 2.35. The van der Waals surface area contributed by atoms with Gasteiger partial charge in [0.05, 0.1) is 0 Å². The van der Waals surface area contributed by atoms with E-state index in [0.29, 0.717) is 0 Å². The topological polar surface area (TPSA) is 0 Å². The summed E-state index contributed by atoms with van der Waals surface area (Å²) in [5.74, 6) is 0. The van der Waals surface area contributed by atoms with Crippen LogP contribution in [0.4, 0.5) is 0 Å². The van der Waals surface area contributed by atoms with Crippen LogP contribution in [0, 0.1) is 0 Å². The summed E-state index contributed by atoms with van der Waals surface area (Å²) in [5.41, 5.74) is 0. The average molecular weight is 259 g/mol. The van der Waals surface area contributed by atoms with Crippen molar-refractivity contribution in [3.8, 4) is 0 Å². The molecule has 0 unspecified atom stereocenters. The van der Waals surface area contributed by atoms with E-state index < -0.39 is 8.80 Å². The van der Waals surface area contributed by atoms with Gasteiger partial charge in [-0.15, -0.1) is 0 Å². The molecular formula is C18H15Si+. The first-order valence-electron chi connectivity index (χ1n) is 6.48. The van der Waals surface area contributed by atoms with E-state index in [0.717, 1.165) is 0 Å². The first-order chi connectivity index (χ1) is 9.45. The van der Waals surface area contributed by atoms with E-state index in [9.17, 15) is 0 Å². The number of benzene rings is 3. The van der Waals surface area contributed by atoms with Gasteiger partial charge >= 0.3 is 8.80 Å². The molecule has 0 saturated heterocycles. The minimum absolute atomic E-state index is 0.877. The zero-order valence-corrected chi connectivity index (χ0v) is 11.7. The lowest BCUT2D eigenvalue weighted by Crippen LogP contribution is -2.51. The lowest BCUT2D eigenvalue weighted by atomic mass is 10.3. The highest BCUT2D eigenvalue weighted by atomic mass is 28.3. The van der Waals surface area contributed by atoms with Crippen LogP contribution in [0.25, 0.3) is 0 Å². The van der Waals surface area contributed by atoms with Crippen molar-refractivity contribution in [1.29, 1.82) is 0 Å². The van der Waals surface area contributed by atoms with Crippen LogP contribution in [-0.4, -0.2) is 8.80 Å². The molecular weight excluding hydrogens is 244 g/mol. The lowest BCUT2D eigenvalue weighted by molar-refractivity contribution is 1.71. The summed E-state index contributed by atoms with van der Waals surface area (Å²) < 4.78 is 0. The molecule has 0 fully saturated rings. The molecule has 0 radical (unpaired) electrons. The van der Waals surface area contributed by atoms with Crippen LogP contribution in [0.2, 0.25) is 0 Å². The van der Waals surface area contributed by atoms with Crippen LogP contribution in [0.5, 0.6) is 0 Å². The van der Waals surface area contributed by atoms with Gasteiger partial charge in [-0.1, -0.05) is 54.6 Å². The minimum atomic E-state index is -0.877. The molecule has 0 nitrogen and oxygen atoms in total. The van der Waals surface area contributed by atoms with Crippen LogP contribution in [0.3, 0.4) is 0 Å². The summed E-state index contributed by atoms with van der Waals surface area (Å²) in [6, 6.07) is 32.5. The summed E-state index contributed by atoms with van der Waals surface area (Å²) in [7, 11) is -0.877. The molecule has 0 aliphatic heterocycles. The number of hydrogen-bond donors (Lipinski definition) is 0. The summed E-state index contributed by atoms with van der Waals surface area (Å²) in [6.07, 6.45) is 0. The van der Waals surface area contributed by atoms with Gasteiger partial charge < -0.3 is 0 Å². The normalized spacial score (nSPS) is 10.1. The van der Waals surface area contributed by atoms with Gasteiger partial charge in [0, 0.05) is 0 Å². The molecule has 0 amide bonds.